The largest absolute Gasteiger partial charge is 0.448 e. The van der Waals surface area contributed by atoms with Crippen LogP contribution in [0.2, 0.25) is 0 Å². The summed E-state index contributed by atoms with van der Waals surface area (Å²) in [6.07, 6.45) is -0.440. The van der Waals surface area contributed by atoms with Crippen LogP contribution < -0.4 is 5.32 Å². The number of esters is 1. The van der Waals surface area contributed by atoms with Crippen molar-refractivity contribution in [2.24, 2.45) is 0 Å². The van der Waals surface area contributed by atoms with E-state index in [0.29, 0.717) is 17.1 Å². The highest BCUT2D eigenvalue weighted by molar-refractivity contribution is 7.14. The number of hydrogen-bond donors (Lipinski definition) is 1. The molecule has 1 aromatic carbocycles. The summed E-state index contributed by atoms with van der Waals surface area (Å²) < 4.78 is 5.25. The van der Waals surface area contributed by atoms with Crippen molar-refractivity contribution in [3.63, 3.8) is 0 Å². The van der Waals surface area contributed by atoms with Crippen LogP contribution >= 0.6 is 11.3 Å². The minimum absolute atomic E-state index is 0.0737. The molecule has 1 aromatic heterocycles. The maximum Gasteiger partial charge on any atom is 0.339 e. The molecule has 0 spiro atoms. The van der Waals surface area contributed by atoms with Gasteiger partial charge in [-0.1, -0.05) is 39.0 Å². The SMILES string of the molecule is CC(C)(C)c1csc(NC(=O)C2Cc3ccccc3C(=O)O2)n1. The molecule has 6 heteroatoms. The van der Waals surface area contributed by atoms with E-state index in [1.165, 1.54) is 11.3 Å². The van der Waals surface area contributed by atoms with Gasteiger partial charge in [0.2, 0.25) is 0 Å². The quantitative estimate of drug-likeness (QED) is 0.859. The van der Waals surface area contributed by atoms with Gasteiger partial charge in [0.1, 0.15) is 0 Å². The average molecular weight is 330 g/mol. The van der Waals surface area contributed by atoms with Gasteiger partial charge < -0.3 is 4.74 Å². The summed E-state index contributed by atoms with van der Waals surface area (Å²) in [5, 5.41) is 5.20. The van der Waals surface area contributed by atoms with Crippen LogP contribution in [0.3, 0.4) is 0 Å². The highest BCUT2D eigenvalue weighted by Crippen LogP contribution is 2.27. The summed E-state index contributed by atoms with van der Waals surface area (Å²) in [4.78, 5) is 28.8. The Labute approximate surface area is 138 Å². The van der Waals surface area contributed by atoms with Gasteiger partial charge in [-0.25, -0.2) is 9.78 Å². The molecule has 0 radical (unpaired) electrons. The van der Waals surface area contributed by atoms with E-state index < -0.39 is 12.1 Å². The minimum atomic E-state index is -0.820. The van der Waals surface area contributed by atoms with Crippen molar-refractivity contribution in [3.8, 4) is 0 Å². The molecule has 1 unspecified atom stereocenters. The third-order valence-corrected chi connectivity index (χ3v) is 4.44. The zero-order chi connectivity index (χ0) is 16.6. The molecule has 5 nitrogen and oxygen atoms in total. The molecule has 1 amide bonds. The van der Waals surface area contributed by atoms with Gasteiger partial charge >= 0.3 is 5.97 Å². The Morgan fingerprint density at radius 2 is 2.09 bits per heavy atom. The monoisotopic (exact) mass is 330 g/mol. The number of ether oxygens (including phenoxy) is 1. The first-order valence-corrected chi connectivity index (χ1v) is 8.28. The van der Waals surface area contributed by atoms with Crippen molar-refractivity contribution in [1.29, 1.82) is 0 Å². The molecule has 1 aliphatic heterocycles. The van der Waals surface area contributed by atoms with Gasteiger partial charge in [0.25, 0.3) is 5.91 Å². The maximum absolute atomic E-state index is 12.4. The molecule has 0 bridgehead atoms. The zero-order valence-electron chi connectivity index (χ0n) is 13.3. The van der Waals surface area contributed by atoms with E-state index in [2.05, 4.69) is 31.1 Å². The summed E-state index contributed by atoms with van der Waals surface area (Å²) in [6, 6.07) is 7.19. The van der Waals surface area contributed by atoms with Crippen molar-refractivity contribution in [2.75, 3.05) is 5.32 Å². The van der Waals surface area contributed by atoms with Crippen LogP contribution in [0.5, 0.6) is 0 Å². The number of carbonyl (C=O) groups excluding carboxylic acids is 2. The molecule has 0 fully saturated rings. The molecule has 0 aliphatic carbocycles. The molecule has 2 heterocycles. The first kappa shape index (κ1) is 15.7. The van der Waals surface area contributed by atoms with Gasteiger partial charge in [0.05, 0.1) is 11.3 Å². The molecule has 1 N–H and O–H groups in total. The molecule has 1 aliphatic rings. The van der Waals surface area contributed by atoms with Gasteiger partial charge in [-0.05, 0) is 11.6 Å². The predicted octanol–water partition coefficient (Wildman–Crippen LogP) is 3.16. The van der Waals surface area contributed by atoms with Gasteiger partial charge in [0.15, 0.2) is 11.2 Å². The predicted molar refractivity (Wildman–Crippen MR) is 88.8 cm³/mol. The standard InChI is InChI=1S/C17H18N2O3S/c1-17(2,3)13-9-23-16(18-13)19-14(20)12-8-10-6-4-5-7-11(10)15(21)22-12/h4-7,9,12H,8H2,1-3H3,(H,18,19,20). The van der Waals surface area contributed by atoms with Gasteiger partial charge in [0, 0.05) is 17.2 Å². The van der Waals surface area contributed by atoms with Crippen LogP contribution in [-0.2, 0) is 21.4 Å². The second kappa shape index (κ2) is 5.77. The molecule has 1 atom stereocenters. The molecule has 0 saturated heterocycles. The Hall–Kier alpha value is -2.21. The summed E-state index contributed by atoms with van der Waals surface area (Å²) in [5.41, 5.74) is 2.21. The van der Waals surface area contributed by atoms with E-state index in [1.807, 2.05) is 17.5 Å². The van der Waals surface area contributed by atoms with Crippen LogP contribution in [0.25, 0.3) is 0 Å². The van der Waals surface area contributed by atoms with Crippen LogP contribution in [0.15, 0.2) is 29.6 Å². The van der Waals surface area contributed by atoms with E-state index in [-0.39, 0.29) is 11.3 Å². The molecular weight excluding hydrogens is 312 g/mol. The van der Waals surface area contributed by atoms with Crippen molar-refractivity contribution in [3.05, 3.63) is 46.5 Å². The Morgan fingerprint density at radius 1 is 1.35 bits per heavy atom. The van der Waals surface area contributed by atoms with Crippen molar-refractivity contribution in [2.45, 2.75) is 38.7 Å². The summed E-state index contributed by atoms with van der Waals surface area (Å²) >= 11 is 1.37. The first-order chi connectivity index (χ1) is 10.8. The molecule has 120 valence electrons. The van der Waals surface area contributed by atoms with Crippen LogP contribution in [0, 0.1) is 0 Å². The van der Waals surface area contributed by atoms with Crippen molar-refractivity contribution >= 4 is 28.3 Å². The first-order valence-electron chi connectivity index (χ1n) is 7.40. The lowest BCUT2D eigenvalue weighted by Gasteiger charge is -2.23. The molecule has 2 aromatic rings. The maximum atomic E-state index is 12.4. The Morgan fingerprint density at radius 3 is 2.78 bits per heavy atom. The Balaban J connectivity index is 1.72. The number of benzene rings is 1. The Kier molecular flexibility index (Phi) is 3.93. The second-order valence-corrected chi connectivity index (χ2v) is 7.39. The number of fused-ring (bicyclic) bond motifs is 1. The van der Waals surface area contributed by atoms with Crippen LogP contribution in [0.4, 0.5) is 5.13 Å². The number of nitrogens with one attached hydrogen (secondary N) is 1. The number of hydrogen-bond acceptors (Lipinski definition) is 5. The smallest absolute Gasteiger partial charge is 0.339 e. The van der Waals surface area contributed by atoms with Crippen molar-refractivity contribution < 1.29 is 14.3 Å². The Bertz CT molecular complexity index is 761. The topological polar surface area (TPSA) is 68.3 Å². The fourth-order valence-corrected chi connectivity index (χ4v) is 3.28. The second-order valence-electron chi connectivity index (χ2n) is 6.53. The van der Waals surface area contributed by atoms with Gasteiger partial charge in [-0.3, -0.25) is 10.1 Å². The summed E-state index contributed by atoms with van der Waals surface area (Å²) in [7, 11) is 0. The lowest BCUT2D eigenvalue weighted by atomic mass is 9.93. The van der Waals surface area contributed by atoms with E-state index in [9.17, 15) is 9.59 Å². The van der Waals surface area contributed by atoms with E-state index in [1.54, 1.807) is 12.1 Å². The van der Waals surface area contributed by atoms with Gasteiger partial charge in [-0.15, -0.1) is 11.3 Å². The fourth-order valence-electron chi connectivity index (χ4n) is 2.34. The average Bonchev–Trinajstić information content (AvgIpc) is 2.96. The number of rotatable bonds is 2. The lowest BCUT2D eigenvalue weighted by Crippen LogP contribution is -2.38. The normalized spacial score (nSPS) is 17.3. The number of carbonyl (C=O) groups is 2. The third-order valence-electron chi connectivity index (χ3n) is 3.69. The minimum Gasteiger partial charge on any atom is -0.448 e. The third kappa shape index (κ3) is 3.27. The molecule has 23 heavy (non-hydrogen) atoms. The van der Waals surface area contributed by atoms with Gasteiger partial charge in [-0.2, -0.15) is 0 Å². The number of cyclic esters (lactones) is 1. The van der Waals surface area contributed by atoms with Crippen LogP contribution in [0.1, 0.15) is 42.4 Å². The number of thiazole rings is 1. The van der Waals surface area contributed by atoms with Crippen LogP contribution in [-0.4, -0.2) is 23.0 Å². The fraction of sp³-hybridized carbons (Fsp3) is 0.353. The molecule has 0 saturated carbocycles. The summed E-state index contributed by atoms with van der Waals surface area (Å²) in [5.74, 6) is -0.802. The number of aromatic nitrogens is 1. The van der Waals surface area contributed by atoms with E-state index in [0.717, 1.165) is 11.3 Å². The number of anilines is 1. The number of nitrogens with zero attached hydrogens (tertiary/aromatic N) is 1. The molecule has 3 rings (SSSR count). The number of amides is 1. The zero-order valence-corrected chi connectivity index (χ0v) is 14.1. The summed E-state index contributed by atoms with van der Waals surface area (Å²) in [6.45, 7) is 6.19. The van der Waals surface area contributed by atoms with Crippen molar-refractivity contribution in [1.82, 2.24) is 4.98 Å². The molecular formula is C17H18N2O3S. The lowest BCUT2D eigenvalue weighted by molar-refractivity contribution is -0.125. The highest BCUT2D eigenvalue weighted by atomic mass is 32.1. The highest BCUT2D eigenvalue weighted by Gasteiger charge is 2.31. The van der Waals surface area contributed by atoms with E-state index in [4.69, 9.17) is 4.74 Å². The van der Waals surface area contributed by atoms with E-state index >= 15 is 0 Å².